The van der Waals surface area contributed by atoms with Gasteiger partial charge in [-0.2, -0.15) is 0 Å². The Labute approximate surface area is 319 Å². The molecule has 9 nitrogen and oxygen atoms in total. The molecule has 9 heteroatoms. The highest BCUT2D eigenvalue weighted by Crippen LogP contribution is 2.26. The van der Waals surface area contributed by atoms with E-state index in [-0.39, 0.29) is 32.0 Å². The monoisotopic (exact) mass is 732 g/mol. The third-order valence-corrected chi connectivity index (χ3v) is 9.01. The molecule has 0 aliphatic carbocycles. The topological polar surface area (TPSA) is 123 Å². The van der Waals surface area contributed by atoms with Crippen molar-refractivity contribution >= 4 is 17.8 Å². The zero-order valence-electron chi connectivity index (χ0n) is 31.0. The summed E-state index contributed by atoms with van der Waals surface area (Å²) in [5.41, 5.74) is 3.65. The van der Waals surface area contributed by atoms with Crippen molar-refractivity contribution in [1.82, 2.24) is 10.6 Å². The van der Waals surface area contributed by atoms with Gasteiger partial charge in [-0.15, -0.1) is 13.2 Å². The Kier molecular flexibility index (Phi) is 17.2. The molecule has 0 bridgehead atoms. The van der Waals surface area contributed by atoms with E-state index in [2.05, 4.69) is 23.8 Å². The van der Waals surface area contributed by atoms with Crippen molar-refractivity contribution in [3.05, 3.63) is 163 Å². The predicted octanol–water partition coefficient (Wildman–Crippen LogP) is 6.72. The molecule has 4 aromatic rings. The van der Waals surface area contributed by atoms with E-state index in [9.17, 15) is 19.5 Å². The normalized spacial score (nSPS) is 13.7. The van der Waals surface area contributed by atoms with Gasteiger partial charge < -0.3 is 30.0 Å². The maximum Gasteiger partial charge on any atom is 0.310 e. The standard InChI is InChI=1S/C45H52N2O7/c1-4-15-37(29-42(49)46-39(30-48)28-34-23-25-40(26-24-34)53-31-35-19-11-7-12-20-35)44(50)47-41(32-52-3)43(36-21-13-8-14-22-36)54-45(51)38(16-5-2)27-33-17-9-6-10-18-33/h4-14,17-26,37-39,41,43,48H,1-2,15-16,27-32H2,3H3,(H,46,49)(H,47,50)/t37-,38-,39+,41+,43+/m1/s1. The molecule has 0 aromatic heterocycles. The van der Waals surface area contributed by atoms with Crippen molar-refractivity contribution in [3.8, 4) is 5.75 Å². The summed E-state index contributed by atoms with van der Waals surface area (Å²) in [6.07, 6.45) is 3.76. The van der Waals surface area contributed by atoms with E-state index in [4.69, 9.17) is 14.2 Å². The molecule has 54 heavy (non-hydrogen) atoms. The number of benzene rings is 4. The lowest BCUT2D eigenvalue weighted by Gasteiger charge is -2.30. The van der Waals surface area contributed by atoms with Crippen LogP contribution in [-0.4, -0.2) is 55.3 Å². The Bertz CT molecular complexity index is 1730. The van der Waals surface area contributed by atoms with E-state index in [0.717, 1.165) is 16.7 Å². The van der Waals surface area contributed by atoms with Crippen LogP contribution in [0.4, 0.5) is 0 Å². The van der Waals surface area contributed by atoms with Crippen LogP contribution in [0.15, 0.2) is 141 Å². The number of amides is 2. The van der Waals surface area contributed by atoms with Crippen LogP contribution in [0.25, 0.3) is 0 Å². The van der Waals surface area contributed by atoms with Crippen molar-refractivity contribution in [2.75, 3.05) is 20.3 Å². The average Bonchev–Trinajstić information content (AvgIpc) is 3.20. The summed E-state index contributed by atoms with van der Waals surface area (Å²) in [5.74, 6) is -1.78. The molecule has 0 fully saturated rings. The van der Waals surface area contributed by atoms with Crippen LogP contribution in [0.5, 0.6) is 5.75 Å². The number of allylic oxidation sites excluding steroid dienone is 2. The molecule has 4 rings (SSSR count). The molecular formula is C45H52N2O7. The summed E-state index contributed by atoms with van der Waals surface area (Å²) in [7, 11) is 1.51. The zero-order valence-corrected chi connectivity index (χ0v) is 31.0. The molecule has 0 aliphatic heterocycles. The van der Waals surface area contributed by atoms with Crippen LogP contribution >= 0.6 is 0 Å². The third-order valence-electron chi connectivity index (χ3n) is 9.01. The lowest BCUT2D eigenvalue weighted by Crippen LogP contribution is -2.47. The predicted molar refractivity (Wildman–Crippen MR) is 210 cm³/mol. The van der Waals surface area contributed by atoms with Crippen LogP contribution in [0.1, 0.15) is 47.6 Å². The fourth-order valence-electron chi connectivity index (χ4n) is 6.20. The number of methoxy groups -OCH3 is 1. The maximum absolute atomic E-state index is 13.9. The lowest BCUT2D eigenvalue weighted by molar-refractivity contribution is -0.158. The van der Waals surface area contributed by atoms with Gasteiger partial charge in [-0.25, -0.2) is 0 Å². The minimum absolute atomic E-state index is 0.0407. The Hall–Kier alpha value is -5.51. The summed E-state index contributed by atoms with van der Waals surface area (Å²) in [5, 5.41) is 16.0. The fraction of sp³-hybridized carbons (Fsp3) is 0.311. The highest BCUT2D eigenvalue weighted by molar-refractivity contribution is 5.86. The first-order chi connectivity index (χ1) is 26.3. The first kappa shape index (κ1) is 41.2. The number of hydrogen-bond donors (Lipinski definition) is 3. The van der Waals surface area contributed by atoms with Gasteiger partial charge in [0.1, 0.15) is 18.5 Å². The largest absolute Gasteiger partial charge is 0.489 e. The first-order valence-electron chi connectivity index (χ1n) is 18.3. The molecule has 3 N–H and O–H groups in total. The minimum atomic E-state index is -0.877. The minimum Gasteiger partial charge on any atom is -0.489 e. The Morgan fingerprint density at radius 1 is 0.722 bits per heavy atom. The van der Waals surface area contributed by atoms with Crippen LogP contribution in [-0.2, 0) is 43.3 Å². The molecule has 284 valence electrons. The Balaban J connectivity index is 1.40. The summed E-state index contributed by atoms with van der Waals surface area (Å²) >= 11 is 0. The molecule has 0 radical (unpaired) electrons. The SMILES string of the molecule is C=CC[C@H](CC(=O)N[C@H](CO)Cc1ccc(OCc2ccccc2)cc1)C(=O)N[C@@H](COC)[C@@H](OC(=O)[C@H](CC=C)Cc1ccccc1)c1ccccc1. The van der Waals surface area contributed by atoms with E-state index in [0.29, 0.717) is 37.2 Å². The molecule has 0 saturated carbocycles. The van der Waals surface area contributed by atoms with Gasteiger partial charge in [-0.05, 0) is 60.1 Å². The molecule has 0 heterocycles. The molecule has 0 aliphatic rings. The third kappa shape index (κ3) is 13.5. The first-order valence-corrected chi connectivity index (χ1v) is 18.3. The zero-order chi connectivity index (χ0) is 38.5. The van der Waals surface area contributed by atoms with Crippen LogP contribution in [0, 0.1) is 11.8 Å². The van der Waals surface area contributed by atoms with Crippen LogP contribution in [0.2, 0.25) is 0 Å². The highest BCUT2D eigenvalue weighted by Gasteiger charge is 2.33. The van der Waals surface area contributed by atoms with Crippen LogP contribution < -0.4 is 15.4 Å². The summed E-state index contributed by atoms with van der Waals surface area (Å²) in [4.78, 5) is 40.9. The van der Waals surface area contributed by atoms with Crippen LogP contribution in [0.3, 0.4) is 0 Å². The Morgan fingerprint density at radius 2 is 1.30 bits per heavy atom. The van der Waals surface area contributed by atoms with Gasteiger partial charge in [0.05, 0.1) is 37.1 Å². The molecule has 5 atom stereocenters. The number of hydrogen-bond acceptors (Lipinski definition) is 7. The van der Waals surface area contributed by atoms with E-state index in [1.165, 1.54) is 7.11 Å². The second-order valence-electron chi connectivity index (χ2n) is 13.2. The van der Waals surface area contributed by atoms with Gasteiger partial charge in [0.15, 0.2) is 0 Å². The van der Waals surface area contributed by atoms with Gasteiger partial charge in [-0.3, -0.25) is 14.4 Å². The van der Waals surface area contributed by atoms with E-state index in [1.54, 1.807) is 12.2 Å². The number of nitrogens with one attached hydrogen (secondary N) is 2. The smallest absolute Gasteiger partial charge is 0.310 e. The fourth-order valence-corrected chi connectivity index (χ4v) is 6.20. The van der Waals surface area contributed by atoms with Gasteiger partial charge in [0, 0.05) is 13.5 Å². The molecule has 2 amide bonds. The quantitative estimate of drug-likeness (QED) is 0.0572. The number of rotatable bonds is 23. The molecule has 0 spiro atoms. The van der Waals surface area contributed by atoms with Gasteiger partial charge in [0.25, 0.3) is 0 Å². The number of aliphatic hydroxyl groups is 1. The molecule has 4 aromatic carbocycles. The number of carbonyl (C=O) groups excluding carboxylic acids is 3. The molecule has 0 saturated heterocycles. The summed E-state index contributed by atoms with van der Waals surface area (Å²) in [6, 6.07) is 35.0. The van der Waals surface area contributed by atoms with Gasteiger partial charge in [0.2, 0.25) is 11.8 Å². The summed E-state index contributed by atoms with van der Waals surface area (Å²) in [6.45, 7) is 7.85. The Morgan fingerprint density at radius 3 is 1.89 bits per heavy atom. The lowest BCUT2D eigenvalue weighted by atomic mass is 9.95. The van der Waals surface area contributed by atoms with E-state index in [1.807, 2.05) is 115 Å². The maximum atomic E-state index is 13.9. The summed E-state index contributed by atoms with van der Waals surface area (Å²) < 4.78 is 17.6. The van der Waals surface area contributed by atoms with E-state index < -0.39 is 41.9 Å². The number of carbonyl (C=O) groups is 3. The second kappa shape index (κ2) is 22.5. The van der Waals surface area contributed by atoms with E-state index >= 15 is 0 Å². The number of aliphatic hydroxyl groups excluding tert-OH is 1. The van der Waals surface area contributed by atoms with Gasteiger partial charge in [-0.1, -0.05) is 115 Å². The van der Waals surface area contributed by atoms with Gasteiger partial charge >= 0.3 is 5.97 Å². The van der Waals surface area contributed by atoms with Crippen molar-refractivity contribution in [2.45, 2.75) is 56.9 Å². The number of esters is 1. The molecular weight excluding hydrogens is 681 g/mol. The second-order valence-corrected chi connectivity index (χ2v) is 13.2. The number of ether oxygens (including phenoxy) is 3. The average molecular weight is 733 g/mol. The van der Waals surface area contributed by atoms with Crippen molar-refractivity contribution < 1.29 is 33.7 Å². The van der Waals surface area contributed by atoms with Crippen molar-refractivity contribution in [1.29, 1.82) is 0 Å². The van der Waals surface area contributed by atoms with Crippen molar-refractivity contribution in [3.63, 3.8) is 0 Å². The molecule has 0 unspecified atom stereocenters. The highest BCUT2D eigenvalue weighted by atomic mass is 16.5. The van der Waals surface area contributed by atoms with Crippen molar-refractivity contribution in [2.24, 2.45) is 11.8 Å².